The van der Waals surface area contributed by atoms with E-state index >= 15 is 0 Å². The molecule has 0 aromatic carbocycles. The summed E-state index contributed by atoms with van der Waals surface area (Å²) in [5, 5.41) is 0. The van der Waals surface area contributed by atoms with Crippen LogP contribution in [0.25, 0.3) is 0 Å². The summed E-state index contributed by atoms with van der Waals surface area (Å²) in [7, 11) is -6.20. The molecule has 1 atom stereocenters. The predicted octanol–water partition coefficient (Wildman–Crippen LogP) is 4.63. The normalized spacial score (nSPS) is 18.7. The third-order valence-electron chi connectivity index (χ3n) is 5.34. The summed E-state index contributed by atoms with van der Waals surface area (Å²) in [6.07, 6.45) is 1.88. The molecule has 10 nitrogen and oxygen atoms in total. The maximum Gasteiger partial charge on any atom is 0.330 e. The first-order valence-electron chi connectivity index (χ1n) is 12.9. The maximum absolute atomic E-state index is 13.1. The summed E-state index contributed by atoms with van der Waals surface area (Å²) in [4.78, 5) is 17.3. The number of carbonyl (C=O) groups excluding carboxylic acids is 1. The monoisotopic (exact) mass is 542 g/mol. The van der Waals surface area contributed by atoms with E-state index in [1.54, 1.807) is 27.7 Å². The van der Waals surface area contributed by atoms with Crippen LogP contribution in [-0.2, 0) is 36.8 Å². The highest BCUT2D eigenvalue weighted by Crippen LogP contribution is 2.49. The highest BCUT2D eigenvalue weighted by Gasteiger charge is 2.36. The second-order valence-electron chi connectivity index (χ2n) is 9.43. The lowest BCUT2D eigenvalue weighted by Crippen LogP contribution is -2.57. The largest absolute Gasteiger partial charge is 0.459 e. The van der Waals surface area contributed by atoms with Crippen LogP contribution in [0.15, 0.2) is 0 Å². The fourth-order valence-electron chi connectivity index (χ4n) is 4.02. The Bertz CT molecular complexity index is 696. The van der Waals surface area contributed by atoms with Gasteiger partial charge in [-0.2, -0.15) is 0 Å². The van der Waals surface area contributed by atoms with Crippen molar-refractivity contribution >= 4 is 21.2 Å². The Hall–Kier alpha value is -0.310. The maximum atomic E-state index is 13.1. The molecule has 35 heavy (non-hydrogen) atoms. The SMILES string of the molecule is CCOP(=O)(CCCN1CCN(CCCP(=O)(OCC)OCC)C(C(=O)OC(C)(C)C)C1)OCC. The van der Waals surface area contributed by atoms with Crippen molar-refractivity contribution in [3.63, 3.8) is 0 Å². The van der Waals surface area contributed by atoms with Crippen molar-refractivity contribution in [3.05, 3.63) is 0 Å². The Labute approximate surface area is 212 Å². The van der Waals surface area contributed by atoms with Crippen LogP contribution in [0.3, 0.4) is 0 Å². The zero-order chi connectivity index (χ0) is 26.5. The molecule has 0 radical (unpaired) electrons. The summed E-state index contributed by atoms with van der Waals surface area (Å²) in [5.74, 6) is -0.269. The number of esters is 1. The van der Waals surface area contributed by atoms with E-state index in [0.29, 0.717) is 77.8 Å². The molecule has 1 rings (SSSR count). The lowest BCUT2D eigenvalue weighted by Gasteiger charge is -2.41. The van der Waals surface area contributed by atoms with E-state index in [0.717, 1.165) is 6.54 Å². The van der Waals surface area contributed by atoms with Gasteiger partial charge < -0.3 is 22.8 Å². The number of hydrogen-bond donors (Lipinski definition) is 0. The quantitative estimate of drug-likeness (QED) is 0.191. The first-order valence-corrected chi connectivity index (χ1v) is 16.3. The molecule has 1 unspecified atom stereocenters. The van der Waals surface area contributed by atoms with Gasteiger partial charge in [0.1, 0.15) is 11.6 Å². The number of hydrogen-bond acceptors (Lipinski definition) is 10. The molecule has 1 heterocycles. The molecule has 0 saturated carbocycles. The number of rotatable bonds is 17. The van der Waals surface area contributed by atoms with E-state index in [1.807, 2.05) is 20.8 Å². The minimum atomic E-state index is -3.12. The lowest BCUT2D eigenvalue weighted by atomic mass is 10.1. The molecule has 0 amide bonds. The van der Waals surface area contributed by atoms with Gasteiger partial charge in [0.15, 0.2) is 0 Å². The molecular formula is C23H48N2O8P2. The third-order valence-corrected chi connectivity index (χ3v) is 9.68. The van der Waals surface area contributed by atoms with Crippen LogP contribution in [0.5, 0.6) is 0 Å². The van der Waals surface area contributed by atoms with Crippen LogP contribution < -0.4 is 0 Å². The topological polar surface area (TPSA) is 104 Å². The molecule has 1 saturated heterocycles. The van der Waals surface area contributed by atoms with Crippen LogP contribution >= 0.6 is 15.2 Å². The van der Waals surface area contributed by atoms with Gasteiger partial charge in [-0.05, 0) is 74.4 Å². The molecular weight excluding hydrogens is 494 g/mol. The van der Waals surface area contributed by atoms with Gasteiger partial charge in [0.05, 0.1) is 38.8 Å². The fourth-order valence-corrected chi connectivity index (χ4v) is 7.31. The third kappa shape index (κ3) is 12.7. The van der Waals surface area contributed by atoms with Crippen molar-refractivity contribution < 1.29 is 36.8 Å². The van der Waals surface area contributed by atoms with Crippen molar-refractivity contribution in [2.75, 3.05) is 71.5 Å². The second-order valence-corrected chi connectivity index (χ2v) is 13.8. The van der Waals surface area contributed by atoms with Crippen molar-refractivity contribution in [2.45, 2.75) is 73.0 Å². The molecule has 1 aliphatic heterocycles. The summed E-state index contributed by atoms with van der Waals surface area (Å²) in [5.41, 5.74) is -0.591. The fraction of sp³-hybridized carbons (Fsp3) is 0.957. The van der Waals surface area contributed by atoms with E-state index in [9.17, 15) is 13.9 Å². The molecule has 0 aromatic rings. The minimum absolute atomic E-state index is 0.269. The van der Waals surface area contributed by atoms with Gasteiger partial charge in [-0.25, -0.2) is 0 Å². The Morgan fingerprint density at radius 1 is 0.800 bits per heavy atom. The van der Waals surface area contributed by atoms with E-state index < -0.39 is 26.8 Å². The second kappa shape index (κ2) is 15.8. The predicted molar refractivity (Wildman–Crippen MR) is 138 cm³/mol. The zero-order valence-corrected chi connectivity index (χ0v) is 24.6. The zero-order valence-electron chi connectivity index (χ0n) is 22.8. The minimum Gasteiger partial charge on any atom is -0.459 e. The van der Waals surface area contributed by atoms with Gasteiger partial charge >= 0.3 is 21.2 Å². The molecule has 12 heteroatoms. The molecule has 0 spiro atoms. The number of carbonyl (C=O) groups is 1. The van der Waals surface area contributed by atoms with Crippen molar-refractivity contribution in [2.24, 2.45) is 0 Å². The van der Waals surface area contributed by atoms with Gasteiger partial charge in [0.2, 0.25) is 0 Å². The van der Waals surface area contributed by atoms with E-state index in [2.05, 4.69) is 9.80 Å². The number of ether oxygens (including phenoxy) is 1. The summed E-state index contributed by atoms with van der Waals surface area (Å²) < 4.78 is 52.8. The molecule has 208 valence electrons. The molecule has 0 aliphatic carbocycles. The van der Waals surface area contributed by atoms with Gasteiger partial charge in [0, 0.05) is 19.6 Å². The van der Waals surface area contributed by atoms with Crippen LogP contribution in [0.2, 0.25) is 0 Å². The smallest absolute Gasteiger partial charge is 0.330 e. The van der Waals surface area contributed by atoms with Crippen LogP contribution in [-0.4, -0.2) is 98.9 Å². The van der Waals surface area contributed by atoms with Crippen molar-refractivity contribution in [3.8, 4) is 0 Å². The van der Waals surface area contributed by atoms with E-state index in [4.69, 9.17) is 22.8 Å². The number of nitrogens with zero attached hydrogens (tertiary/aromatic N) is 2. The Kier molecular flexibility index (Phi) is 14.8. The van der Waals surface area contributed by atoms with Crippen LogP contribution in [0.4, 0.5) is 0 Å². The van der Waals surface area contributed by atoms with Gasteiger partial charge in [-0.3, -0.25) is 23.7 Å². The average molecular weight is 543 g/mol. The van der Waals surface area contributed by atoms with E-state index in [1.165, 1.54) is 0 Å². The van der Waals surface area contributed by atoms with Gasteiger partial charge in [-0.15, -0.1) is 0 Å². The highest BCUT2D eigenvalue weighted by atomic mass is 31.2. The standard InChI is InChI=1S/C23H48N2O8P2/c1-8-29-34(27,30-9-2)18-12-14-24-16-17-25(21(20-24)22(26)33-23(5,6)7)15-13-19-35(28,31-10-3)32-11-4/h21H,8-20H2,1-7H3. The number of piperazine rings is 1. The van der Waals surface area contributed by atoms with E-state index in [-0.39, 0.29) is 5.97 Å². The van der Waals surface area contributed by atoms with Crippen LogP contribution in [0.1, 0.15) is 61.3 Å². The van der Waals surface area contributed by atoms with Crippen molar-refractivity contribution in [1.29, 1.82) is 0 Å². The average Bonchev–Trinajstić information content (AvgIpc) is 2.74. The van der Waals surface area contributed by atoms with Crippen molar-refractivity contribution in [1.82, 2.24) is 9.80 Å². The Balaban J connectivity index is 2.77. The highest BCUT2D eigenvalue weighted by molar-refractivity contribution is 7.54. The Morgan fingerprint density at radius 3 is 1.69 bits per heavy atom. The summed E-state index contributed by atoms with van der Waals surface area (Å²) >= 11 is 0. The Morgan fingerprint density at radius 2 is 1.26 bits per heavy atom. The molecule has 0 bridgehead atoms. The lowest BCUT2D eigenvalue weighted by molar-refractivity contribution is -0.164. The van der Waals surface area contributed by atoms with Crippen LogP contribution in [0, 0.1) is 0 Å². The molecule has 1 fully saturated rings. The first kappa shape index (κ1) is 32.7. The first-order chi connectivity index (χ1) is 16.4. The van der Waals surface area contributed by atoms with Gasteiger partial charge in [-0.1, -0.05) is 0 Å². The molecule has 0 aromatic heterocycles. The van der Waals surface area contributed by atoms with Gasteiger partial charge in [0.25, 0.3) is 0 Å². The summed E-state index contributed by atoms with van der Waals surface area (Å²) in [6.45, 7) is 17.3. The molecule has 0 N–H and O–H groups in total. The molecule has 1 aliphatic rings. The summed E-state index contributed by atoms with van der Waals surface area (Å²) in [6, 6.07) is -0.438.